The van der Waals surface area contributed by atoms with Crippen LogP contribution < -0.4 is 14.8 Å². The van der Waals surface area contributed by atoms with Gasteiger partial charge in [-0.2, -0.15) is 4.72 Å². The van der Waals surface area contributed by atoms with Crippen molar-refractivity contribution in [1.29, 1.82) is 0 Å². The summed E-state index contributed by atoms with van der Waals surface area (Å²) in [6.45, 7) is 3.37. The molecule has 0 radical (unpaired) electrons. The fourth-order valence-corrected chi connectivity index (χ4v) is 5.10. The van der Waals surface area contributed by atoms with Crippen molar-refractivity contribution in [1.82, 2.24) is 4.72 Å². The average Bonchev–Trinajstić information content (AvgIpc) is 2.90. The van der Waals surface area contributed by atoms with Gasteiger partial charge >= 0.3 is 5.97 Å². The van der Waals surface area contributed by atoms with Crippen LogP contribution in [0.4, 0.5) is 5.69 Å². The van der Waals surface area contributed by atoms with Crippen LogP contribution >= 0.6 is 0 Å². The molecule has 1 heterocycles. The highest BCUT2D eigenvalue weighted by molar-refractivity contribution is 7.89. The topological polar surface area (TPSA) is 184 Å². The highest BCUT2D eigenvalue weighted by Gasteiger charge is 2.45. The normalized spacial score (nSPS) is 23.6. The van der Waals surface area contributed by atoms with Gasteiger partial charge in [0.2, 0.25) is 10.0 Å². The van der Waals surface area contributed by atoms with Crippen molar-refractivity contribution in [2.24, 2.45) is 0 Å². The third-order valence-corrected chi connectivity index (χ3v) is 7.25. The minimum Gasteiger partial charge on any atom is -0.462 e. The summed E-state index contributed by atoms with van der Waals surface area (Å²) in [6.07, 6.45) is -6.80. The molecule has 0 bridgehead atoms. The number of carbonyl (C=O) groups is 1. The van der Waals surface area contributed by atoms with E-state index in [9.17, 15) is 33.6 Å². The molecule has 2 unspecified atom stereocenters. The zero-order valence-corrected chi connectivity index (χ0v) is 21.9. The summed E-state index contributed by atoms with van der Waals surface area (Å²) in [6, 6.07) is 10.9. The van der Waals surface area contributed by atoms with Gasteiger partial charge in [-0.05, 0) is 37.6 Å². The lowest BCUT2D eigenvalue weighted by molar-refractivity contribution is -0.231. The zero-order chi connectivity index (χ0) is 27.9. The van der Waals surface area contributed by atoms with E-state index in [1.165, 1.54) is 6.07 Å². The summed E-state index contributed by atoms with van der Waals surface area (Å²) in [7, 11) is -4.62. The van der Waals surface area contributed by atoms with Crippen LogP contribution in [0.25, 0.3) is 0 Å². The maximum Gasteiger partial charge on any atom is 0.338 e. The van der Waals surface area contributed by atoms with Crippen molar-refractivity contribution in [2.75, 3.05) is 25.1 Å². The number of aliphatic hydroxyl groups is 4. The Bertz CT molecular complexity index is 1180. The molecule has 210 valence electrons. The molecule has 38 heavy (non-hydrogen) atoms. The molecule has 1 saturated heterocycles. The van der Waals surface area contributed by atoms with Crippen LogP contribution in [0.2, 0.25) is 0 Å². The van der Waals surface area contributed by atoms with Crippen LogP contribution in [0.1, 0.15) is 37.0 Å². The number of hydrogen-bond donors (Lipinski definition) is 6. The molecule has 6 N–H and O–H groups in total. The van der Waals surface area contributed by atoms with Gasteiger partial charge in [0, 0.05) is 6.54 Å². The Labute approximate surface area is 221 Å². The molecular formula is C25H34N2O10S. The Morgan fingerprint density at radius 2 is 1.76 bits per heavy atom. The zero-order valence-electron chi connectivity index (χ0n) is 21.1. The Kier molecular flexibility index (Phi) is 10.4. The maximum absolute atomic E-state index is 13.7. The van der Waals surface area contributed by atoms with E-state index >= 15 is 0 Å². The Morgan fingerprint density at radius 3 is 2.39 bits per heavy atom. The van der Waals surface area contributed by atoms with Gasteiger partial charge in [0.25, 0.3) is 0 Å². The predicted octanol–water partition coefficient (Wildman–Crippen LogP) is 0.946. The maximum atomic E-state index is 13.7. The number of esters is 1. The standard InChI is InChI=1S/C25H34N2O10S/c1-3-5-11-26-17-12-15(25(32)35-4-2)13-19(23(17)36-16-9-7-6-8-10-16)38(33,34)27-24-22(31)21(30)20(29)18(14-28)37-24/h6-10,12-13,18,20-22,24,26-31H,3-5,11,14H2,1-2H3/t18-,20+,21+,22?,24?/m1/s1. The first-order chi connectivity index (χ1) is 18.1. The number of aliphatic hydroxyl groups excluding tert-OH is 4. The van der Waals surface area contributed by atoms with Crippen molar-refractivity contribution >= 4 is 21.7 Å². The molecule has 0 spiro atoms. The van der Waals surface area contributed by atoms with Crippen molar-refractivity contribution in [3.63, 3.8) is 0 Å². The number of unbranched alkanes of at least 4 members (excludes halogenated alkanes) is 1. The summed E-state index contributed by atoms with van der Waals surface area (Å²) in [5.41, 5.74) is 0.141. The summed E-state index contributed by atoms with van der Waals surface area (Å²) in [4.78, 5) is 12.1. The fraction of sp³-hybridized carbons (Fsp3) is 0.480. The summed E-state index contributed by atoms with van der Waals surface area (Å²) < 4.78 is 45.9. The van der Waals surface area contributed by atoms with E-state index in [1.54, 1.807) is 37.3 Å². The SMILES string of the molecule is CCCCNc1cc(C(=O)OCC)cc(S(=O)(=O)NC2O[C@H](CO)[C@H](O)[C@H](O)C2O)c1Oc1ccccc1. The first-order valence-corrected chi connectivity index (χ1v) is 13.8. The third kappa shape index (κ3) is 6.99. The Hall–Kier alpha value is -2.78. The van der Waals surface area contributed by atoms with Crippen LogP contribution in [0.15, 0.2) is 47.4 Å². The van der Waals surface area contributed by atoms with E-state index < -0.39 is 58.1 Å². The molecule has 0 amide bonds. The van der Waals surface area contributed by atoms with Gasteiger partial charge in [0.15, 0.2) is 12.0 Å². The van der Waals surface area contributed by atoms with E-state index in [4.69, 9.17) is 14.2 Å². The van der Waals surface area contributed by atoms with Crippen LogP contribution in [0.5, 0.6) is 11.5 Å². The Balaban J connectivity index is 2.11. The molecule has 1 fully saturated rings. The van der Waals surface area contributed by atoms with Crippen LogP contribution in [0.3, 0.4) is 0 Å². The van der Waals surface area contributed by atoms with E-state index in [-0.39, 0.29) is 23.6 Å². The molecule has 2 aromatic carbocycles. The smallest absolute Gasteiger partial charge is 0.338 e. The molecule has 2 aromatic rings. The molecule has 3 rings (SSSR count). The molecule has 0 aliphatic carbocycles. The number of carbonyl (C=O) groups excluding carboxylic acids is 1. The van der Waals surface area contributed by atoms with Gasteiger partial charge in [-0.25, -0.2) is 13.2 Å². The first-order valence-electron chi connectivity index (χ1n) is 12.3. The molecule has 0 aromatic heterocycles. The van der Waals surface area contributed by atoms with Crippen molar-refractivity contribution in [2.45, 2.75) is 62.2 Å². The van der Waals surface area contributed by atoms with E-state index in [0.29, 0.717) is 12.3 Å². The molecular weight excluding hydrogens is 520 g/mol. The molecule has 12 nitrogen and oxygen atoms in total. The lowest BCUT2D eigenvalue weighted by Crippen LogP contribution is -2.63. The number of para-hydroxylation sites is 1. The van der Waals surface area contributed by atoms with Gasteiger partial charge in [-0.1, -0.05) is 31.5 Å². The van der Waals surface area contributed by atoms with Gasteiger partial charge in [-0.15, -0.1) is 0 Å². The summed E-state index contributed by atoms with van der Waals surface area (Å²) >= 11 is 0. The van der Waals surface area contributed by atoms with Gasteiger partial charge in [-0.3, -0.25) is 0 Å². The molecule has 0 saturated carbocycles. The largest absolute Gasteiger partial charge is 0.462 e. The van der Waals surface area contributed by atoms with Crippen molar-refractivity contribution in [3.8, 4) is 11.5 Å². The number of benzene rings is 2. The summed E-state index contributed by atoms with van der Waals surface area (Å²) in [5, 5.41) is 43.1. The minimum absolute atomic E-state index is 0.0604. The number of hydrogen-bond acceptors (Lipinski definition) is 11. The van der Waals surface area contributed by atoms with Crippen LogP contribution in [-0.4, -0.2) is 85.2 Å². The second kappa shape index (κ2) is 13.3. The number of rotatable bonds is 12. The van der Waals surface area contributed by atoms with Gasteiger partial charge < -0.3 is 40.0 Å². The average molecular weight is 555 g/mol. The number of ether oxygens (including phenoxy) is 3. The highest BCUT2D eigenvalue weighted by atomic mass is 32.2. The lowest BCUT2D eigenvalue weighted by atomic mass is 9.99. The first kappa shape index (κ1) is 29.8. The number of sulfonamides is 1. The molecule has 1 aliphatic rings. The van der Waals surface area contributed by atoms with E-state index in [1.807, 2.05) is 6.92 Å². The predicted molar refractivity (Wildman–Crippen MR) is 136 cm³/mol. The van der Waals surface area contributed by atoms with Gasteiger partial charge in [0.1, 0.15) is 35.1 Å². The quantitative estimate of drug-likeness (QED) is 0.162. The minimum atomic E-state index is -4.62. The number of nitrogens with one attached hydrogen (secondary N) is 2. The molecule has 13 heteroatoms. The van der Waals surface area contributed by atoms with Crippen LogP contribution in [0, 0.1) is 0 Å². The second-order valence-electron chi connectivity index (χ2n) is 8.64. The van der Waals surface area contributed by atoms with E-state index in [2.05, 4.69) is 10.0 Å². The third-order valence-electron chi connectivity index (χ3n) is 5.83. The second-order valence-corrected chi connectivity index (χ2v) is 10.3. The van der Waals surface area contributed by atoms with E-state index in [0.717, 1.165) is 18.9 Å². The number of anilines is 1. The lowest BCUT2D eigenvalue weighted by Gasteiger charge is -2.40. The van der Waals surface area contributed by atoms with Crippen molar-refractivity contribution in [3.05, 3.63) is 48.0 Å². The summed E-state index contributed by atoms with van der Waals surface area (Å²) in [5.74, 6) is -0.571. The Morgan fingerprint density at radius 1 is 1.05 bits per heavy atom. The fourth-order valence-electron chi connectivity index (χ4n) is 3.79. The molecule has 1 aliphatic heterocycles. The van der Waals surface area contributed by atoms with Crippen molar-refractivity contribution < 1.29 is 47.8 Å². The highest BCUT2D eigenvalue weighted by Crippen LogP contribution is 2.38. The monoisotopic (exact) mass is 554 g/mol. The van der Waals surface area contributed by atoms with Gasteiger partial charge in [0.05, 0.1) is 24.5 Å². The molecule has 5 atom stereocenters. The van der Waals surface area contributed by atoms with Crippen LogP contribution in [-0.2, 0) is 19.5 Å².